The van der Waals surface area contributed by atoms with Crippen LogP contribution in [0.2, 0.25) is 0 Å². The molecule has 0 aliphatic rings. The van der Waals surface area contributed by atoms with Crippen molar-refractivity contribution in [3.8, 4) is 0 Å². The first-order valence-electron chi connectivity index (χ1n) is 15.0. The highest BCUT2D eigenvalue weighted by Crippen LogP contribution is 2.17. The Morgan fingerprint density at radius 1 is 0.515 bits per heavy atom. The summed E-state index contributed by atoms with van der Waals surface area (Å²) >= 11 is 0. The summed E-state index contributed by atoms with van der Waals surface area (Å²) in [7, 11) is 1.51. The number of unbranched alkanes of at least 4 members (excludes halogenated alkanes) is 22. The van der Waals surface area contributed by atoms with E-state index in [2.05, 4.69) is 19.9 Å². The predicted octanol–water partition coefficient (Wildman–Crippen LogP) is 10.9. The Balaban J connectivity index is 3.65. The van der Waals surface area contributed by atoms with Crippen LogP contribution in [0.5, 0.6) is 0 Å². The monoisotopic (exact) mass is 464 g/mol. The van der Waals surface area contributed by atoms with Crippen molar-refractivity contribution in [3.63, 3.8) is 0 Å². The Morgan fingerprint density at radius 3 is 1.21 bits per heavy atom. The lowest BCUT2D eigenvalue weighted by molar-refractivity contribution is -0.136. The summed E-state index contributed by atoms with van der Waals surface area (Å²) in [5, 5.41) is 0. The topological polar surface area (TPSA) is 26.3 Å². The van der Waals surface area contributed by atoms with E-state index in [0.29, 0.717) is 0 Å². The summed E-state index contributed by atoms with van der Waals surface area (Å²) in [4.78, 5) is 12.1. The molecular formula is C31H60O2. The van der Waals surface area contributed by atoms with Gasteiger partial charge in [-0.3, -0.25) is 0 Å². The van der Waals surface area contributed by atoms with Gasteiger partial charge in [0.25, 0.3) is 0 Å². The second kappa shape index (κ2) is 27.5. The van der Waals surface area contributed by atoms with E-state index in [1.807, 2.05) is 0 Å². The number of esters is 1. The molecule has 33 heavy (non-hydrogen) atoms. The Labute approximate surface area is 208 Å². The molecule has 0 rings (SSSR count). The van der Waals surface area contributed by atoms with E-state index in [1.165, 1.54) is 148 Å². The van der Waals surface area contributed by atoms with E-state index < -0.39 is 0 Å². The van der Waals surface area contributed by atoms with Crippen molar-refractivity contribution in [2.24, 2.45) is 0 Å². The van der Waals surface area contributed by atoms with Crippen molar-refractivity contribution in [2.45, 2.75) is 174 Å². The lowest BCUT2D eigenvalue weighted by Crippen LogP contribution is -2.05. The van der Waals surface area contributed by atoms with Gasteiger partial charge in [0.05, 0.1) is 7.11 Å². The van der Waals surface area contributed by atoms with Crippen LogP contribution in [0.1, 0.15) is 174 Å². The normalized spacial score (nSPS) is 11.8. The highest BCUT2D eigenvalue weighted by Gasteiger charge is 2.08. The first-order valence-corrected chi connectivity index (χ1v) is 15.0. The van der Waals surface area contributed by atoms with Gasteiger partial charge in [-0.05, 0) is 25.7 Å². The smallest absolute Gasteiger partial charge is 0.333 e. The zero-order valence-corrected chi connectivity index (χ0v) is 23.1. The van der Waals surface area contributed by atoms with Gasteiger partial charge in [0, 0.05) is 5.57 Å². The lowest BCUT2D eigenvalue weighted by Gasteiger charge is -2.07. The summed E-state index contributed by atoms with van der Waals surface area (Å²) < 4.78 is 5.02. The molecule has 196 valence electrons. The molecule has 0 unspecified atom stereocenters. The average molecular weight is 465 g/mol. The average Bonchev–Trinajstić information content (AvgIpc) is 2.83. The predicted molar refractivity (Wildman–Crippen MR) is 147 cm³/mol. The first-order chi connectivity index (χ1) is 16.3. The molecule has 0 radical (unpaired) electrons. The Kier molecular flexibility index (Phi) is 26.8. The minimum atomic E-state index is -0.110. The number of hydrogen-bond donors (Lipinski definition) is 0. The standard InChI is InChI=1S/C31H60O2/c1-4-6-8-10-12-14-16-17-19-21-23-25-27-29-30(31(32)33-3)28-26-24-22-20-18-15-13-11-9-7-5-2/h29H,4-28H2,1-3H3/b30-29+. The number of ether oxygens (including phenoxy) is 1. The van der Waals surface area contributed by atoms with Crippen LogP contribution in [0.4, 0.5) is 0 Å². The highest BCUT2D eigenvalue weighted by atomic mass is 16.5. The molecule has 0 saturated heterocycles. The van der Waals surface area contributed by atoms with Crippen LogP contribution in [0.15, 0.2) is 11.6 Å². The van der Waals surface area contributed by atoms with Gasteiger partial charge in [0.15, 0.2) is 0 Å². The van der Waals surface area contributed by atoms with Gasteiger partial charge in [-0.1, -0.05) is 155 Å². The molecular weight excluding hydrogens is 404 g/mol. The van der Waals surface area contributed by atoms with Crippen molar-refractivity contribution >= 4 is 5.97 Å². The fourth-order valence-electron chi connectivity index (χ4n) is 4.66. The van der Waals surface area contributed by atoms with Crippen molar-refractivity contribution in [2.75, 3.05) is 7.11 Å². The molecule has 0 bridgehead atoms. The maximum Gasteiger partial charge on any atom is 0.333 e. The van der Waals surface area contributed by atoms with Crippen LogP contribution in [0.3, 0.4) is 0 Å². The number of carbonyl (C=O) groups is 1. The molecule has 0 aliphatic carbocycles. The number of carbonyl (C=O) groups excluding carboxylic acids is 1. The van der Waals surface area contributed by atoms with Crippen molar-refractivity contribution in [3.05, 3.63) is 11.6 Å². The van der Waals surface area contributed by atoms with Gasteiger partial charge in [-0.2, -0.15) is 0 Å². The first kappa shape index (κ1) is 32.2. The third kappa shape index (κ3) is 24.1. The van der Waals surface area contributed by atoms with Gasteiger partial charge < -0.3 is 4.74 Å². The van der Waals surface area contributed by atoms with Crippen LogP contribution >= 0.6 is 0 Å². The number of rotatable bonds is 26. The van der Waals surface area contributed by atoms with E-state index in [1.54, 1.807) is 0 Å². The van der Waals surface area contributed by atoms with Gasteiger partial charge in [-0.25, -0.2) is 4.79 Å². The zero-order valence-electron chi connectivity index (χ0n) is 23.1. The lowest BCUT2D eigenvalue weighted by atomic mass is 10.0. The molecule has 0 atom stereocenters. The van der Waals surface area contributed by atoms with Crippen LogP contribution in [0, 0.1) is 0 Å². The second-order valence-corrected chi connectivity index (χ2v) is 10.2. The zero-order chi connectivity index (χ0) is 24.2. The minimum absolute atomic E-state index is 0.110. The molecule has 0 heterocycles. The highest BCUT2D eigenvalue weighted by molar-refractivity contribution is 5.88. The van der Waals surface area contributed by atoms with Crippen LogP contribution in [-0.4, -0.2) is 13.1 Å². The molecule has 0 aromatic rings. The van der Waals surface area contributed by atoms with Crippen LogP contribution < -0.4 is 0 Å². The van der Waals surface area contributed by atoms with Gasteiger partial charge in [-0.15, -0.1) is 0 Å². The number of hydrogen-bond acceptors (Lipinski definition) is 2. The maximum atomic E-state index is 12.1. The molecule has 0 aliphatic heterocycles. The van der Waals surface area contributed by atoms with E-state index in [0.717, 1.165) is 24.8 Å². The van der Waals surface area contributed by atoms with E-state index in [4.69, 9.17) is 4.74 Å². The van der Waals surface area contributed by atoms with Crippen molar-refractivity contribution < 1.29 is 9.53 Å². The quantitative estimate of drug-likeness (QED) is 0.0722. The number of allylic oxidation sites excluding steroid dienone is 1. The summed E-state index contributed by atoms with van der Waals surface area (Å²) in [6.45, 7) is 4.56. The fourth-order valence-corrected chi connectivity index (χ4v) is 4.66. The second-order valence-electron chi connectivity index (χ2n) is 10.2. The Morgan fingerprint density at radius 2 is 0.848 bits per heavy atom. The van der Waals surface area contributed by atoms with E-state index >= 15 is 0 Å². The van der Waals surface area contributed by atoms with E-state index in [9.17, 15) is 4.79 Å². The largest absolute Gasteiger partial charge is 0.466 e. The molecule has 0 aromatic carbocycles. The summed E-state index contributed by atoms with van der Waals surface area (Å²) in [5.41, 5.74) is 0.913. The third-order valence-electron chi connectivity index (χ3n) is 6.95. The SMILES string of the molecule is CCCCCCCCCCCCCC/C=C(\CCCCCCCCCCCCC)C(=O)OC. The Hall–Kier alpha value is -0.790. The minimum Gasteiger partial charge on any atom is -0.466 e. The molecule has 2 heteroatoms. The van der Waals surface area contributed by atoms with Gasteiger partial charge in [0.1, 0.15) is 0 Å². The molecule has 0 N–H and O–H groups in total. The summed E-state index contributed by atoms with van der Waals surface area (Å²) in [6, 6.07) is 0. The molecule has 0 fully saturated rings. The fraction of sp³-hybridized carbons (Fsp3) is 0.903. The van der Waals surface area contributed by atoms with Crippen LogP contribution in [0.25, 0.3) is 0 Å². The number of methoxy groups -OCH3 is 1. The van der Waals surface area contributed by atoms with E-state index in [-0.39, 0.29) is 5.97 Å². The summed E-state index contributed by atoms with van der Waals surface area (Å²) in [5.74, 6) is -0.110. The van der Waals surface area contributed by atoms with Crippen LogP contribution in [-0.2, 0) is 9.53 Å². The molecule has 2 nitrogen and oxygen atoms in total. The molecule has 0 spiro atoms. The molecule has 0 amide bonds. The summed E-state index contributed by atoms with van der Waals surface area (Å²) in [6.07, 6.45) is 35.4. The molecule has 0 saturated carbocycles. The van der Waals surface area contributed by atoms with Crippen molar-refractivity contribution in [1.29, 1.82) is 0 Å². The van der Waals surface area contributed by atoms with Crippen molar-refractivity contribution in [1.82, 2.24) is 0 Å². The molecule has 0 aromatic heterocycles. The third-order valence-corrected chi connectivity index (χ3v) is 6.95. The van der Waals surface area contributed by atoms with Gasteiger partial charge in [0.2, 0.25) is 0 Å². The van der Waals surface area contributed by atoms with Gasteiger partial charge >= 0.3 is 5.97 Å². The Bertz CT molecular complexity index is 427. The maximum absolute atomic E-state index is 12.1.